The number of aromatic nitrogens is 1. The largest absolute Gasteiger partial charge is 0.370 e. The second kappa shape index (κ2) is 7.90. The maximum Gasteiger partial charge on any atom is 0.218 e. The lowest BCUT2D eigenvalue weighted by Gasteiger charge is -2.20. The molecule has 112 valence electrons. The molecule has 2 N–H and O–H groups in total. The quantitative estimate of drug-likeness (QED) is 0.815. The number of nitrogens with zero attached hydrogens (tertiary/aromatic N) is 2. The molecule has 2 aromatic rings. The molecule has 4 nitrogen and oxygen atoms in total. The van der Waals surface area contributed by atoms with Crippen LogP contribution >= 0.6 is 11.3 Å². The van der Waals surface area contributed by atoms with Crippen LogP contribution in [0.15, 0.2) is 35.7 Å². The zero-order valence-corrected chi connectivity index (χ0v) is 13.1. The van der Waals surface area contributed by atoms with Crippen LogP contribution in [0.1, 0.15) is 29.6 Å². The van der Waals surface area contributed by atoms with Gasteiger partial charge in [-0.1, -0.05) is 37.3 Å². The van der Waals surface area contributed by atoms with Gasteiger partial charge in [-0.25, -0.2) is 4.98 Å². The van der Waals surface area contributed by atoms with Crippen LogP contribution in [0.3, 0.4) is 0 Å². The molecule has 0 saturated carbocycles. The first-order valence-corrected chi connectivity index (χ1v) is 8.03. The van der Waals surface area contributed by atoms with E-state index in [0.717, 1.165) is 30.2 Å². The molecule has 0 aliphatic rings. The summed E-state index contributed by atoms with van der Waals surface area (Å²) in [6, 6.07) is 10.2. The Labute approximate surface area is 129 Å². The van der Waals surface area contributed by atoms with Crippen molar-refractivity contribution >= 4 is 17.2 Å². The molecule has 0 atom stereocenters. The summed E-state index contributed by atoms with van der Waals surface area (Å²) in [5.74, 6) is -0.263. The number of rotatable bonds is 8. The van der Waals surface area contributed by atoms with E-state index in [1.165, 1.54) is 5.56 Å². The van der Waals surface area contributed by atoms with E-state index in [4.69, 9.17) is 5.73 Å². The van der Waals surface area contributed by atoms with E-state index in [-0.39, 0.29) is 5.91 Å². The number of amides is 1. The summed E-state index contributed by atoms with van der Waals surface area (Å²) in [5.41, 5.74) is 7.57. The van der Waals surface area contributed by atoms with Crippen molar-refractivity contribution in [2.75, 3.05) is 6.54 Å². The number of nitrogens with two attached hydrogens (primary N) is 1. The predicted molar refractivity (Wildman–Crippen MR) is 85.9 cm³/mol. The van der Waals surface area contributed by atoms with Crippen molar-refractivity contribution in [1.82, 2.24) is 9.88 Å². The first-order valence-electron chi connectivity index (χ1n) is 7.15. The van der Waals surface area contributed by atoms with Gasteiger partial charge in [0.05, 0.1) is 10.7 Å². The van der Waals surface area contributed by atoms with Gasteiger partial charge in [0.25, 0.3) is 0 Å². The maximum absolute atomic E-state index is 11.0. The van der Waals surface area contributed by atoms with Crippen LogP contribution in [0.2, 0.25) is 0 Å². The molecule has 1 amide bonds. The molecule has 1 aromatic heterocycles. The molecular formula is C16H21N3OS. The predicted octanol–water partition coefficient (Wildman–Crippen LogP) is 2.58. The standard InChI is InChI=1S/C16H21N3OS/c1-2-16-18-14(12-21-16)11-19(9-8-15(17)20)10-13-6-4-3-5-7-13/h3-7,12H,2,8-11H2,1H3,(H2,17,20). The third-order valence-corrected chi connectivity index (χ3v) is 4.25. The van der Waals surface area contributed by atoms with Crippen molar-refractivity contribution in [3.8, 4) is 0 Å². The molecule has 0 fully saturated rings. The van der Waals surface area contributed by atoms with Crippen molar-refractivity contribution in [2.45, 2.75) is 32.9 Å². The van der Waals surface area contributed by atoms with Gasteiger partial charge in [-0.2, -0.15) is 0 Å². The Hall–Kier alpha value is -1.72. The van der Waals surface area contributed by atoms with Gasteiger partial charge in [-0.3, -0.25) is 9.69 Å². The van der Waals surface area contributed by atoms with Gasteiger partial charge in [-0.05, 0) is 12.0 Å². The molecule has 0 aliphatic heterocycles. The molecule has 0 saturated heterocycles. The first kappa shape index (κ1) is 15.7. The van der Waals surface area contributed by atoms with Crippen LogP contribution in [0.5, 0.6) is 0 Å². The van der Waals surface area contributed by atoms with Crippen molar-refractivity contribution < 1.29 is 4.79 Å². The van der Waals surface area contributed by atoms with Crippen LogP contribution in [-0.2, 0) is 24.3 Å². The fourth-order valence-corrected chi connectivity index (χ4v) is 2.87. The highest BCUT2D eigenvalue weighted by Crippen LogP contribution is 2.14. The Kier molecular flexibility index (Phi) is 5.90. The molecule has 5 heteroatoms. The Morgan fingerprint density at radius 3 is 2.67 bits per heavy atom. The number of aryl methyl sites for hydroxylation is 1. The molecule has 1 aromatic carbocycles. The smallest absolute Gasteiger partial charge is 0.218 e. The normalized spacial score (nSPS) is 11.0. The van der Waals surface area contributed by atoms with Gasteiger partial charge < -0.3 is 5.73 Å². The van der Waals surface area contributed by atoms with E-state index in [0.29, 0.717) is 13.0 Å². The van der Waals surface area contributed by atoms with E-state index in [1.54, 1.807) is 11.3 Å². The van der Waals surface area contributed by atoms with Crippen molar-refractivity contribution in [3.05, 3.63) is 52.0 Å². The van der Waals surface area contributed by atoms with Crippen LogP contribution in [0.25, 0.3) is 0 Å². The van der Waals surface area contributed by atoms with Crippen LogP contribution in [-0.4, -0.2) is 22.3 Å². The average Bonchev–Trinajstić information content (AvgIpc) is 2.93. The highest BCUT2D eigenvalue weighted by atomic mass is 32.1. The van der Waals surface area contributed by atoms with Gasteiger partial charge in [0.15, 0.2) is 0 Å². The Balaban J connectivity index is 2.02. The average molecular weight is 303 g/mol. The molecule has 0 bridgehead atoms. The molecule has 21 heavy (non-hydrogen) atoms. The number of thiazole rings is 1. The number of benzene rings is 1. The topological polar surface area (TPSA) is 59.2 Å². The minimum atomic E-state index is -0.263. The summed E-state index contributed by atoms with van der Waals surface area (Å²) < 4.78 is 0. The zero-order chi connectivity index (χ0) is 15.1. The molecule has 0 spiro atoms. The summed E-state index contributed by atoms with van der Waals surface area (Å²) >= 11 is 1.69. The van der Waals surface area contributed by atoms with Crippen LogP contribution in [0.4, 0.5) is 0 Å². The van der Waals surface area contributed by atoms with Gasteiger partial charge in [-0.15, -0.1) is 11.3 Å². The number of hydrogen-bond acceptors (Lipinski definition) is 4. The fraction of sp³-hybridized carbons (Fsp3) is 0.375. The number of hydrogen-bond donors (Lipinski definition) is 1. The molecule has 2 rings (SSSR count). The first-order chi connectivity index (χ1) is 10.2. The summed E-state index contributed by atoms with van der Waals surface area (Å²) in [7, 11) is 0. The molecule has 0 radical (unpaired) electrons. The van der Waals surface area contributed by atoms with Gasteiger partial charge in [0, 0.05) is 31.4 Å². The fourth-order valence-electron chi connectivity index (χ4n) is 2.14. The lowest BCUT2D eigenvalue weighted by atomic mass is 10.2. The summed E-state index contributed by atoms with van der Waals surface area (Å²) in [6.07, 6.45) is 1.34. The minimum Gasteiger partial charge on any atom is -0.370 e. The molecular weight excluding hydrogens is 282 g/mol. The zero-order valence-electron chi connectivity index (χ0n) is 12.3. The van der Waals surface area contributed by atoms with Gasteiger partial charge in [0.1, 0.15) is 0 Å². The number of carbonyl (C=O) groups excluding carboxylic acids is 1. The minimum absolute atomic E-state index is 0.263. The highest BCUT2D eigenvalue weighted by molar-refractivity contribution is 7.09. The summed E-state index contributed by atoms with van der Waals surface area (Å²) in [5, 5.41) is 3.25. The monoisotopic (exact) mass is 303 g/mol. The number of carbonyl (C=O) groups is 1. The second-order valence-electron chi connectivity index (χ2n) is 5.00. The maximum atomic E-state index is 11.0. The lowest BCUT2D eigenvalue weighted by Crippen LogP contribution is -2.27. The van der Waals surface area contributed by atoms with E-state index in [9.17, 15) is 4.79 Å². The summed E-state index contributed by atoms with van der Waals surface area (Å²) in [6.45, 7) is 4.31. The Morgan fingerprint density at radius 2 is 2.05 bits per heavy atom. The Bertz CT molecular complexity index is 568. The third kappa shape index (κ3) is 5.28. The SMILES string of the molecule is CCc1nc(CN(CCC(N)=O)Cc2ccccc2)cs1. The van der Waals surface area contributed by atoms with Crippen LogP contribution < -0.4 is 5.73 Å². The summed E-state index contributed by atoms with van der Waals surface area (Å²) in [4.78, 5) is 17.9. The van der Waals surface area contributed by atoms with E-state index < -0.39 is 0 Å². The molecule has 0 unspecified atom stereocenters. The van der Waals surface area contributed by atoms with Crippen molar-refractivity contribution in [1.29, 1.82) is 0 Å². The van der Waals surface area contributed by atoms with E-state index in [1.807, 2.05) is 18.2 Å². The molecule has 0 aliphatic carbocycles. The van der Waals surface area contributed by atoms with E-state index in [2.05, 4.69) is 34.3 Å². The van der Waals surface area contributed by atoms with Gasteiger partial charge in [0.2, 0.25) is 5.91 Å². The number of primary amides is 1. The van der Waals surface area contributed by atoms with Crippen molar-refractivity contribution in [3.63, 3.8) is 0 Å². The second-order valence-corrected chi connectivity index (χ2v) is 5.94. The highest BCUT2D eigenvalue weighted by Gasteiger charge is 2.11. The van der Waals surface area contributed by atoms with E-state index >= 15 is 0 Å². The third-order valence-electron chi connectivity index (χ3n) is 3.21. The van der Waals surface area contributed by atoms with Crippen molar-refractivity contribution in [2.24, 2.45) is 5.73 Å². The Morgan fingerprint density at radius 1 is 1.29 bits per heavy atom. The van der Waals surface area contributed by atoms with Gasteiger partial charge >= 0.3 is 0 Å². The lowest BCUT2D eigenvalue weighted by molar-refractivity contribution is -0.118. The molecule has 1 heterocycles. The van der Waals surface area contributed by atoms with Crippen LogP contribution in [0, 0.1) is 0 Å².